The predicted octanol–water partition coefficient (Wildman–Crippen LogP) is -0.676. The quantitative estimate of drug-likeness (QED) is 0.578. The second-order valence-corrected chi connectivity index (χ2v) is 5.67. The summed E-state index contributed by atoms with van der Waals surface area (Å²) in [6.07, 6.45) is -0.374. The molecule has 3 heterocycles. The Morgan fingerprint density at radius 2 is 2.24 bits per heavy atom. The van der Waals surface area contributed by atoms with Crippen molar-refractivity contribution in [3.63, 3.8) is 0 Å². The topological polar surface area (TPSA) is 127 Å². The summed E-state index contributed by atoms with van der Waals surface area (Å²) in [5.41, 5.74) is 5.70. The van der Waals surface area contributed by atoms with Gasteiger partial charge in [0.1, 0.15) is 35.6 Å². The number of rotatable bonds is 2. The van der Waals surface area contributed by atoms with Crippen molar-refractivity contribution in [2.75, 3.05) is 12.3 Å². The summed E-state index contributed by atoms with van der Waals surface area (Å²) in [6, 6.07) is 0. The fourth-order valence-electron chi connectivity index (χ4n) is 2.70. The number of nitrogens with zero attached hydrogens (tertiary/aromatic N) is 3. The van der Waals surface area contributed by atoms with Crippen molar-refractivity contribution < 1.29 is 20.1 Å². The molecule has 5 N–H and O–H groups in total. The smallest absolute Gasteiger partial charge is 0.161 e. The Kier molecular flexibility index (Phi) is 3.14. The Balaban J connectivity index is 2.04. The molecule has 2 aromatic rings. The van der Waals surface area contributed by atoms with Crippen LogP contribution in [0.25, 0.3) is 11.0 Å². The summed E-state index contributed by atoms with van der Waals surface area (Å²) >= 11 is 0. The summed E-state index contributed by atoms with van der Waals surface area (Å²) in [4.78, 5) is 8.06. The van der Waals surface area contributed by atoms with Crippen LogP contribution in [0.4, 0.5) is 5.82 Å². The van der Waals surface area contributed by atoms with Crippen LogP contribution in [0.15, 0.2) is 12.5 Å². The Morgan fingerprint density at radius 3 is 2.86 bits per heavy atom. The number of fused-ring (bicyclic) bond motifs is 1. The SMILES string of the molecule is Cc1cn(C(O)[C@H]2OC[C@](C)(O)[C@@H]2O)c2ncnc(N)c12. The highest BCUT2D eigenvalue weighted by Gasteiger charge is 2.48. The van der Waals surface area contributed by atoms with E-state index in [4.69, 9.17) is 10.5 Å². The van der Waals surface area contributed by atoms with Gasteiger partial charge < -0.3 is 30.4 Å². The van der Waals surface area contributed by atoms with Crippen LogP contribution >= 0.6 is 0 Å². The number of hydrogen-bond acceptors (Lipinski definition) is 7. The third-order valence-electron chi connectivity index (χ3n) is 3.92. The van der Waals surface area contributed by atoms with E-state index in [2.05, 4.69) is 9.97 Å². The van der Waals surface area contributed by atoms with Gasteiger partial charge in [-0.1, -0.05) is 0 Å². The van der Waals surface area contributed by atoms with Crippen molar-refractivity contribution in [3.8, 4) is 0 Å². The lowest BCUT2D eigenvalue weighted by Gasteiger charge is -2.25. The number of nitrogens with two attached hydrogens (primary N) is 1. The van der Waals surface area contributed by atoms with Crippen molar-refractivity contribution in [1.29, 1.82) is 0 Å². The van der Waals surface area contributed by atoms with E-state index in [1.807, 2.05) is 6.92 Å². The van der Waals surface area contributed by atoms with Crippen LogP contribution in [0.3, 0.4) is 0 Å². The maximum absolute atomic E-state index is 10.5. The molecular formula is C13H18N4O4. The Hall–Kier alpha value is -1.74. The van der Waals surface area contributed by atoms with E-state index in [0.29, 0.717) is 16.9 Å². The van der Waals surface area contributed by atoms with Gasteiger partial charge >= 0.3 is 0 Å². The average Bonchev–Trinajstić information content (AvgIpc) is 2.89. The van der Waals surface area contributed by atoms with Crippen LogP contribution in [0, 0.1) is 6.92 Å². The number of aromatic nitrogens is 3. The summed E-state index contributed by atoms with van der Waals surface area (Å²) in [5, 5.41) is 31.2. The fourth-order valence-corrected chi connectivity index (χ4v) is 2.70. The van der Waals surface area contributed by atoms with E-state index in [-0.39, 0.29) is 6.61 Å². The number of nitrogen functional groups attached to an aromatic ring is 1. The highest BCUT2D eigenvalue weighted by molar-refractivity contribution is 5.89. The highest BCUT2D eigenvalue weighted by Crippen LogP contribution is 2.33. The van der Waals surface area contributed by atoms with Gasteiger partial charge in [0.25, 0.3) is 0 Å². The Morgan fingerprint density at radius 1 is 1.52 bits per heavy atom. The molecule has 8 nitrogen and oxygen atoms in total. The molecule has 0 aliphatic carbocycles. The molecular weight excluding hydrogens is 276 g/mol. The van der Waals surface area contributed by atoms with E-state index >= 15 is 0 Å². The first kappa shape index (κ1) is 14.2. The zero-order chi connectivity index (χ0) is 15.4. The first-order chi connectivity index (χ1) is 9.83. The minimum absolute atomic E-state index is 0.0504. The minimum Gasteiger partial charge on any atom is -0.387 e. The second kappa shape index (κ2) is 4.63. The average molecular weight is 294 g/mol. The molecule has 114 valence electrons. The highest BCUT2D eigenvalue weighted by atomic mass is 16.5. The van der Waals surface area contributed by atoms with E-state index in [1.54, 1.807) is 6.20 Å². The second-order valence-electron chi connectivity index (χ2n) is 5.67. The fraction of sp³-hybridized carbons (Fsp3) is 0.538. The van der Waals surface area contributed by atoms with Crippen molar-refractivity contribution in [2.24, 2.45) is 0 Å². The molecule has 0 aromatic carbocycles. The molecule has 3 rings (SSSR count). The number of ether oxygens (including phenoxy) is 1. The third-order valence-corrected chi connectivity index (χ3v) is 3.92. The first-order valence-corrected chi connectivity index (χ1v) is 6.60. The zero-order valence-corrected chi connectivity index (χ0v) is 11.8. The lowest BCUT2D eigenvalue weighted by atomic mass is 9.98. The molecule has 8 heteroatoms. The summed E-state index contributed by atoms with van der Waals surface area (Å²) in [7, 11) is 0. The van der Waals surface area contributed by atoms with Crippen molar-refractivity contribution >= 4 is 16.9 Å². The van der Waals surface area contributed by atoms with Crippen molar-refractivity contribution in [1.82, 2.24) is 14.5 Å². The molecule has 1 aliphatic rings. The molecule has 0 saturated carbocycles. The maximum Gasteiger partial charge on any atom is 0.161 e. The Bertz CT molecular complexity index is 684. The van der Waals surface area contributed by atoms with E-state index < -0.39 is 24.0 Å². The third kappa shape index (κ3) is 2.07. The van der Waals surface area contributed by atoms with Crippen LogP contribution in [-0.4, -0.2) is 54.3 Å². The van der Waals surface area contributed by atoms with Crippen LogP contribution in [0.2, 0.25) is 0 Å². The maximum atomic E-state index is 10.5. The van der Waals surface area contributed by atoms with E-state index in [9.17, 15) is 15.3 Å². The number of hydrogen-bond donors (Lipinski definition) is 4. The van der Waals surface area contributed by atoms with Gasteiger partial charge in [-0.05, 0) is 19.4 Å². The number of anilines is 1. The predicted molar refractivity (Wildman–Crippen MR) is 74.3 cm³/mol. The molecule has 0 amide bonds. The lowest BCUT2D eigenvalue weighted by molar-refractivity contribution is -0.0902. The summed E-state index contributed by atoms with van der Waals surface area (Å²) in [5.74, 6) is 0.323. The van der Waals surface area contributed by atoms with Crippen LogP contribution in [0.1, 0.15) is 18.7 Å². The first-order valence-electron chi connectivity index (χ1n) is 6.60. The van der Waals surface area contributed by atoms with Gasteiger partial charge in [0.2, 0.25) is 0 Å². The van der Waals surface area contributed by atoms with Crippen LogP contribution < -0.4 is 5.73 Å². The summed E-state index contributed by atoms with van der Waals surface area (Å²) in [6.45, 7) is 3.24. The standard InChI is InChI=1S/C13H18N4O4/c1-6-3-17(11-7(6)10(14)15-5-16-11)12(19)8-9(18)13(2,20)4-21-8/h3,5,8-9,12,18-20H,4H2,1-2H3,(H2,14,15,16)/t8-,9+,12?,13-/m0/s1. The van der Waals surface area contributed by atoms with Gasteiger partial charge in [-0.3, -0.25) is 0 Å². The molecule has 0 spiro atoms. The van der Waals surface area contributed by atoms with Gasteiger partial charge in [-0.25, -0.2) is 9.97 Å². The number of aliphatic hydroxyl groups is 3. The van der Waals surface area contributed by atoms with E-state index in [0.717, 1.165) is 5.56 Å². The Labute approximate surface area is 120 Å². The largest absolute Gasteiger partial charge is 0.387 e. The van der Waals surface area contributed by atoms with Crippen LogP contribution in [0.5, 0.6) is 0 Å². The summed E-state index contributed by atoms with van der Waals surface area (Å²) < 4.78 is 6.81. The van der Waals surface area contributed by atoms with Crippen molar-refractivity contribution in [2.45, 2.75) is 37.9 Å². The number of aliphatic hydroxyl groups excluding tert-OH is 2. The lowest BCUT2D eigenvalue weighted by Crippen LogP contribution is -2.43. The molecule has 1 saturated heterocycles. The molecule has 0 bridgehead atoms. The van der Waals surface area contributed by atoms with E-state index in [1.165, 1.54) is 17.8 Å². The zero-order valence-electron chi connectivity index (χ0n) is 11.8. The van der Waals surface area contributed by atoms with Gasteiger partial charge in [0, 0.05) is 6.20 Å². The molecule has 4 atom stereocenters. The van der Waals surface area contributed by atoms with Gasteiger partial charge in [-0.15, -0.1) is 0 Å². The molecule has 21 heavy (non-hydrogen) atoms. The van der Waals surface area contributed by atoms with Gasteiger partial charge in [0.05, 0.1) is 12.0 Å². The molecule has 2 aromatic heterocycles. The minimum atomic E-state index is -1.39. The molecule has 1 unspecified atom stereocenters. The normalized spacial score (nSPS) is 30.9. The molecule has 1 aliphatic heterocycles. The van der Waals surface area contributed by atoms with Gasteiger partial charge in [0.15, 0.2) is 6.23 Å². The molecule has 0 radical (unpaired) electrons. The number of aryl methyl sites for hydroxylation is 1. The van der Waals surface area contributed by atoms with Crippen molar-refractivity contribution in [3.05, 3.63) is 18.1 Å². The van der Waals surface area contributed by atoms with Crippen LogP contribution in [-0.2, 0) is 4.74 Å². The molecule has 1 fully saturated rings. The van der Waals surface area contributed by atoms with Gasteiger partial charge in [-0.2, -0.15) is 0 Å². The monoisotopic (exact) mass is 294 g/mol.